The number of nitrogens with zero attached hydrogens (tertiary/aromatic N) is 2. The van der Waals surface area contributed by atoms with E-state index >= 15 is 0 Å². The highest BCUT2D eigenvalue weighted by Crippen LogP contribution is 2.15. The van der Waals surface area contributed by atoms with E-state index in [1.165, 1.54) is 0 Å². The van der Waals surface area contributed by atoms with Crippen molar-refractivity contribution in [3.05, 3.63) is 23.9 Å². The van der Waals surface area contributed by atoms with Crippen molar-refractivity contribution in [3.8, 4) is 0 Å². The quantitative estimate of drug-likeness (QED) is 0.860. The third kappa shape index (κ3) is 2.61. The maximum atomic E-state index is 12.4. The van der Waals surface area contributed by atoms with Gasteiger partial charge < -0.3 is 15.0 Å². The smallest absolute Gasteiger partial charge is 0.272 e. The van der Waals surface area contributed by atoms with E-state index in [9.17, 15) is 4.79 Å². The summed E-state index contributed by atoms with van der Waals surface area (Å²) >= 11 is 0. The lowest BCUT2D eigenvalue weighted by molar-refractivity contribution is -0.0388. The molecule has 2 unspecified atom stereocenters. The van der Waals surface area contributed by atoms with E-state index in [1.807, 2.05) is 30.9 Å². The van der Waals surface area contributed by atoms with Gasteiger partial charge in [-0.2, -0.15) is 0 Å². The molecule has 0 aliphatic carbocycles. The maximum Gasteiger partial charge on any atom is 0.272 e. The van der Waals surface area contributed by atoms with Gasteiger partial charge in [0.25, 0.3) is 5.91 Å². The number of nitrogens with one attached hydrogen (secondary N) is 1. The predicted molar refractivity (Wildman–Crippen MR) is 69.7 cm³/mol. The average molecular weight is 249 g/mol. The van der Waals surface area contributed by atoms with E-state index in [1.54, 1.807) is 13.1 Å². The molecule has 1 fully saturated rings. The van der Waals surface area contributed by atoms with Crippen LogP contribution in [0.25, 0.3) is 0 Å². The number of pyridine rings is 1. The molecule has 0 radical (unpaired) electrons. The van der Waals surface area contributed by atoms with Crippen LogP contribution in [0.5, 0.6) is 0 Å². The monoisotopic (exact) mass is 249 g/mol. The van der Waals surface area contributed by atoms with E-state index in [0.717, 1.165) is 0 Å². The van der Waals surface area contributed by atoms with Gasteiger partial charge in [0.15, 0.2) is 0 Å². The van der Waals surface area contributed by atoms with Crippen molar-refractivity contribution >= 4 is 11.7 Å². The number of carbonyl (C=O) groups excluding carboxylic acids is 1. The SMILES string of the molecule is CNc1cccc(C(=O)N2CC(C)OCC2C)n1. The first kappa shape index (κ1) is 12.8. The number of hydrogen-bond donors (Lipinski definition) is 1. The second kappa shape index (κ2) is 5.35. The lowest BCUT2D eigenvalue weighted by Crippen LogP contribution is -2.50. The first-order chi connectivity index (χ1) is 8.61. The average Bonchev–Trinajstić information content (AvgIpc) is 2.41. The van der Waals surface area contributed by atoms with Crippen molar-refractivity contribution < 1.29 is 9.53 Å². The van der Waals surface area contributed by atoms with Gasteiger partial charge in [-0.3, -0.25) is 4.79 Å². The fraction of sp³-hybridized carbons (Fsp3) is 0.538. The van der Waals surface area contributed by atoms with Gasteiger partial charge in [0, 0.05) is 13.6 Å². The molecule has 1 saturated heterocycles. The van der Waals surface area contributed by atoms with Crippen LogP contribution in [-0.2, 0) is 4.74 Å². The number of morpholine rings is 1. The standard InChI is InChI=1S/C13H19N3O2/c1-9-8-18-10(2)7-16(9)13(17)11-5-4-6-12(14-3)15-11/h4-6,9-10H,7-8H2,1-3H3,(H,14,15). The van der Waals surface area contributed by atoms with Crippen molar-refractivity contribution in [1.82, 2.24) is 9.88 Å². The summed E-state index contributed by atoms with van der Waals surface area (Å²) in [6, 6.07) is 5.51. The van der Waals surface area contributed by atoms with Gasteiger partial charge in [-0.15, -0.1) is 0 Å². The third-order valence-corrected chi connectivity index (χ3v) is 3.09. The first-order valence-corrected chi connectivity index (χ1v) is 6.19. The second-order valence-corrected chi connectivity index (χ2v) is 4.61. The maximum absolute atomic E-state index is 12.4. The molecule has 98 valence electrons. The molecule has 1 aliphatic heterocycles. The number of rotatable bonds is 2. The highest BCUT2D eigenvalue weighted by atomic mass is 16.5. The molecule has 0 bridgehead atoms. The largest absolute Gasteiger partial charge is 0.375 e. The molecule has 2 atom stereocenters. The third-order valence-electron chi connectivity index (χ3n) is 3.09. The summed E-state index contributed by atoms with van der Waals surface area (Å²) in [4.78, 5) is 18.5. The Morgan fingerprint density at radius 3 is 3.00 bits per heavy atom. The summed E-state index contributed by atoms with van der Waals surface area (Å²) in [6.07, 6.45) is 0.0811. The van der Waals surface area contributed by atoms with Crippen LogP contribution in [0.15, 0.2) is 18.2 Å². The number of hydrogen-bond acceptors (Lipinski definition) is 4. The predicted octanol–water partition coefficient (Wildman–Crippen LogP) is 1.37. The Bertz CT molecular complexity index is 436. The lowest BCUT2D eigenvalue weighted by atomic mass is 10.2. The van der Waals surface area contributed by atoms with Crippen LogP contribution in [-0.4, -0.2) is 48.1 Å². The van der Waals surface area contributed by atoms with Gasteiger partial charge >= 0.3 is 0 Å². The molecule has 1 aromatic rings. The van der Waals surface area contributed by atoms with Crippen molar-refractivity contribution in [3.63, 3.8) is 0 Å². The Balaban J connectivity index is 2.18. The number of ether oxygens (including phenoxy) is 1. The van der Waals surface area contributed by atoms with Gasteiger partial charge in [-0.25, -0.2) is 4.98 Å². The molecule has 2 rings (SSSR count). The Morgan fingerprint density at radius 2 is 2.28 bits per heavy atom. The molecule has 0 saturated carbocycles. The highest BCUT2D eigenvalue weighted by molar-refractivity contribution is 5.93. The topological polar surface area (TPSA) is 54.5 Å². The summed E-state index contributed by atoms with van der Waals surface area (Å²) < 4.78 is 5.52. The van der Waals surface area contributed by atoms with E-state index in [0.29, 0.717) is 24.7 Å². The van der Waals surface area contributed by atoms with E-state index in [4.69, 9.17) is 4.74 Å². The minimum atomic E-state index is -0.0326. The molecule has 2 heterocycles. The van der Waals surface area contributed by atoms with Gasteiger partial charge in [0.1, 0.15) is 11.5 Å². The number of amides is 1. The van der Waals surface area contributed by atoms with Crippen LogP contribution in [0, 0.1) is 0 Å². The fourth-order valence-electron chi connectivity index (χ4n) is 2.03. The summed E-state index contributed by atoms with van der Waals surface area (Å²) in [7, 11) is 1.79. The summed E-state index contributed by atoms with van der Waals surface area (Å²) in [6.45, 7) is 5.17. The van der Waals surface area contributed by atoms with Gasteiger partial charge in [-0.05, 0) is 26.0 Å². The zero-order valence-electron chi connectivity index (χ0n) is 11.0. The molecule has 5 nitrogen and oxygen atoms in total. The molecule has 1 aliphatic rings. The minimum Gasteiger partial charge on any atom is -0.375 e. The van der Waals surface area contributed by atoms with Crippen LogP contribution in [0.4, 0.5) is 5.82 Å². The molecule has 1 N–H and O–H groups in total. The fourth-order valence-corrected chi connectivity index (χ4v) is 2.03. The Kier molecular flexibility index (Phi) is 3.81. The molecular weight excluding hydrogens is 230 g/mol. The number of anilines is 1. The van der Waals surface area contributed by atoms with Crippen LogP contribution in [0.2, 0.25) is 0 Å². The van der Waals surface area contributed by atoms with E-state index < -0.39 is 0 Å². The Morgan fingerprint density at radius 1 is 1.50 bits per heavy atom. The van der Waals surface area contributed by atoms with Crippen LogP contribution >= 0.6 is 0 Å². The van der Waals surface area contributed by atoms with Crippen molar-refractivity contribution in [2.75, 3.05) is 25.5 Å². The zero-order chi connectivity index (χ0) is 13.1. The molecule has 18 heavy (non-hydrogen) atoms. The number of aromatic nitrogens is 1. The summed E-state index contributed by atoms with van der Waals surface area (Å²) in [5.41, 5.74) is 0.475. The minimum absolute atomic E-state index is 0.0326. The van der Waals surface area contributed by atoms with Crippen LogP contribution < -0.4 is 5.32 Å². The molecule has 5 heteroatoms. The van der Waals surface area contributed by atoms with Crippen molar-refractivity contribution in [2.45, 2.75) is 26.0 Å². The first-order valence-electron chi connectivity index (χ1n) is 6.19. The number of carbonyl (C=O) groups is 1. The lowest BCUT2D eigenvalue weighted by Gasteiger charge is -2.36. The Hall–Kier alpha value is -1.62. The molecular formula is C13H19N3O2. The van der Waals surface area contributed by atoms with Gasteiger partial charge in [-0.1, -0.05) is 6.07 Å². The van der Waals surface area contributed by atoms with Gasteiger partial charge in [0.2, 0.25) is 0 Å². The normalized spacial score (nSPS) is 23.8. The van der Waals surface area contributed by atoms with E-state index in [2.05, 4.69) is 10.3 Å². The van der Waals surface area contributed by atoms with Crippen molar-refractivity contribution in [1.29, 1.82) is 0 Å². The van der Waals surface area contributed by atoms with Crippen molar-refractivity contribution in [2.24, 2.45) is 0 Å². The van der Waals surface area contributed by atoms with Crippen LogP contribution in [0.3, 0.4) is 0 Å². The van der Waals surface area contributed by atoms with Gasteiger partial charge in [0.05, 0.1) is 18.8 Å². The van der Waals surface area contributed by atoms with E-state index in [-0.39, 0.29) is 18.1 Å². The Labute approximate surface area is 107 Å². The molecule has 1 amide bonds. The summed E-state index contributed by atoms with van der Waals surface area (Å²) in [5, 5.41) is 2.94. The highest BCUT2D eigenvalue weighted by Gasteiger charge is 2.28. The zero-order valence-corrected chi connectivity index (χ0v) is 11.0. The van der Waals surface area contributed by atoms with Crippen LogP contribution in [0.1, 0.15) is 24.3 Å². The second-order valence-electron chi connectivity index (χ2n) is 4.61. The summed E-state index contributed by atoms with van der Waals surface area (Å²) in [5.74, 6) is 0.671. The molecule has 0 aromatic carbocycles. The molecule has 0 spiro atoms. The molecule has 1 aromatic heterocycles.